The van der Waals surface area contributed by atoms with Gasteiger partial charge >= 0.3 is 0 Å². The number of benzene rings is 6. The molecule has 0 unspecified atom stereocenters. The minimum absolute atomic E-state index is 0.0666. The highest BCUT2D eigenvalue weighted by Crippen LogP contribution is 2.39. The van der Waals surface area contributed by atoms with Crippen LogP contribution in [0.4, 0.5) is 0 Å². The molecule has 0 amide bonds. The van der Waals surface area contributed by atoms with Crippen LogP contribution in [-0.4, -0.2) is 26.5 Å². The van der Waals surface area contributed by atoms with Crippen molar-refractivity contribution < 1.29 is 14.4 Å². The second-order valence-corrected chi connectivity index (χ2v) is 14.0. The fraction of sp³-hybridized carbons (Fsp3) is 0.0600. The van der Waals surface area contributed by atoms with E-state index < -0.39 is 0 Å². The summed E-state index contributed by atoms with van der Waals surface area (Å²) in [6.07, 6.45) is 7.26. The molecule has 2 aliphatic carbocycles. The maximum absolute atomic E-state index is 13.1. The standard InChI is InChI=1S/C26H15N3O.C24H17NO2/c1-28-21(15-27)25-17-9-3-4-10-18(17)26(30)20(25)13-14-22-19-11-5-7-16-8-6-12-23(24(16)19)29(22)2;1-2-25-20(18-11-5-7-15-8-6-12-21(25)22(15)18)14-13-19-23(26)16-9-3-4-10-17(16)24(19)27/h3-14H,2H3;3-14H,2H2,1H3/b20-13-,22-14+,25-21-;20-14+. The van der Waals surface area contributed by atoms with E-state index in [-0.39, 0.29) is 28.6 Å². The van der Waals surface area contributed by atoms with Gasteiger partial charge in [0.25, 0.3) is 5.70 Å². The zero-order valence-electron chi connectivity index (χ0n) is 31.1. The Hall–Kier alpha value is -7.87. The fourth-order valence-electron chi connectivity index (χ4n) is 8.48. The van der Waals surface area contributed by atoms with Crippen molar-refractivity contribution in [1.29, 1.82) is 5.26 Å². The van der Waals surface area contributed by atoms with Crippen LogP contribution < -0.4 is 10.7 Å². The van der Waals surface area contributed by atoms with Gasteiger partial charge in [0.2, 0.25) is 0 Å². The topological polar surface area (TPSA) is 89.2 Å². The van der Waals surface area contributed by atoms with Crippen LogP contribution in [0.1, 0.15) is 43.6 Å². The summed E-state index contributed by atoms with van der Waals surface area (Å²) in [4.78, 5) is 41.7. The van der Waals surface area contributed by atoms with Crippen molar-refractivity contribution in [3.05, 3.63) is 195 Å². The van der Waals surface area contributed by atoms with E-state index in [1.807, 2.05) is 49.5 Å². The van der Waals surface area contributed by atoms with Crippen LogP contribution in [0.15, 0.2) is 150 Å². The molecule has 0 radical (unpaired) electrons. The molecule has 0 aliphatic heterocycles. The van der Waals surface area contributed by atoms with Gasteiger partial charge in [-0.3, -0.25) is 14.4 Å². The zero-order chi connectivity index (χ0) is 39.4. The van der Waals surface area contributed by atoms with Gasteiger partial charge in [-0.05, 0) is 59.7 Å². The Bertz CT molecular complexity index is 3310. The smallest absolute Gasteiger partial charge is 0.270 e. The number of carbonyl (C=O) groups excluding carboxylic acids is 3. The van der Waals surface area contributed by atoms with E-state index in [9.17, 15) is 19.6 Å². The second kappa shape index (κ2) is 13.8. The first kappa shape index (κ1) is 34.9. The monoisotopic (exact) mass is 736 g/mol. The molecule has 57 heavy (non-hydrogen) atoms. The summed E-state index contributed by atoms with van der Waals surface area (Å²) in [5.74, 6) is -0.543. The van der Waals surface area contributed by atoms with E-state index in [4.69, 9.17) is 6.57 Å². The molecule has 0 bridgehead atoms. The number of hydrogen-bond acceptors (Lipinski definition) is 4. The largest absolute Gasteiger partial charge is 0.344 e. The van der Waals surface area contributed by atoms with E-state index in [1.165, 1.54) is 21.7 Å². The Morgan fingerprint density at radius 2 is 1.09 bits per heavy atom. The van der Waals surface area contributed by atoms with Crippen molar-refractivity contribution in [2.75, 3.05) is 0 Å². The summed E-state index contributed by atoms with van der Waals surface area (Å²) >= 11 is 0. The molecule has 0 saturated carbocycles. The molecule has 10 rings (SSSR count). The van der Waals surface area contributed by atoms with Crippen molar-refractivity contribution in [2.45, 2.75) is 13.5 Å². The number of nitrogens with zero attached hydrogens (tertiary/aromatic N) is 4. The van der Waals surface area contributed by atoms with Gasteiger partial charge in [-0.15, -0.1) is 0 Å². The van der Waals surface area contributed by atoms with Gasteiger partial charge in [-0.1, -0.05) is 109 Å². The van der Waals surface area contributed by atoms with Gasteiger partial charge < -0.3 is 9.13 Å². The first-order valence-corrected chi connectivity index (χ1v) is 18.6. The van der Waals surface area contributed by atoms with Crippen molar-refractivity contribution in [2.24, 2.45) is 7.05 Å². The van der Waals surface area contributed by atoms with Crippen LogP contribution in [-0.2, 0) is 13.6 Å². The van der Waals surface area contributed by atoms with Crippen LogP contribution in [0.5, 0.6) is 0 Å². The highest BCUT2D eigenvalue weighted by atomic mass is 16.2. The van der Waals surface area contributed by atoms with Gasteiger partial charge in [-0.2, -0.15) is 0 Å². The van der Waals surface area contributed by atoms with Crippen LogP contribution in [0, 0.1) is 17.9 Å². The van der Waals surface area contributed by atoms with Gasteiger partial charge in [0, 0.05) is 84.7 Å². The molecule has 0 atom stereocenters. The molecule has 7 heteroatoms. The molecule has 0 saturated heterocycles. The normalized spacial score (nSPS) is 15.8. The molecule has 270 valence electrons. The molecule has 7 nitrogen and oxygen atoms in total. The predicted octanol–water partition coefficient (Wildman–Crippen LogP) is 9.13. The van der Waals surface area contributed by atoms with E-state index >= 15 is 0 Å². The Balaban J connectivity index is 0.000000149. The fourth-order valence-corrected chi connectivity index (χ4v) is 8.48. The van der Waals surface area contributed by atoms with Crippen molar-refractivity contribution in [1.82, 2.24) is 9.13 Å². The highest BCUT2D eigenvalue weighted by molar-refractivity contribution is 6.39. The third-order valence-corrected chi connectivity index (χ3v) is 11.1. The number of ketones is 3. The number of rotatable bonds is 3. The highest BCUT2D eigenvalue weighted by Gasteiger charge is 2.33. The quantitative estimate of drug-likeness (QED) is 0.0784. The molecule has 0 N–H and O–H groups in total. The average molecular weight is 737 g/mol. The van der Waals surface area contributed by atoms with E-state index in [0.717, 1.165) is 38.9 Å². The van der Waals surface area contributed by atoms with Gasteiger partial charge in [0.15, 0.2) is 17.3 Å². The van der Waals surface area contributed by atoms with E-state index in [2.05, 4.69) is 75.5 Å². The molecular formula is C50H32N4O3. The Morgan fingerprint density at radius 1 is 0.614 bits per heavy atom. The first-order valence-electron chi connectivity index (χ1n) is 18.6. The number of Topliss-reactive ketones (excluding diaryl/α,β-unsaturated/α-hetero) is 3. The molecular weight excluding hydrogens is 705 g/mol. The Morgan fingerprint density at radius 3 is 1.67 bits per heavy atom. The summed E-state index contributed by atoms with van der Waals surface area (Å²) in [6.45, 7) is 10.3. The number of fused-ring (bicyclic) bond motifs is 2. The van der Waals surface area contributed by atoms with Gasteiger partial charge in [0.1, 0.15) is 0 Å². The lowest BCUT2D eigenvalue weighted by molar-refractivity contribution is 0.0986. The second-order valence-electron chi connectivity index (χ2n) is 14.0. The predicted molar refractivity (Wildman–Crippen MR) is 226 cm³/mol. The molecule has 6 aromatic carbocycles. The lowest BCUT2D eigenvalue weighted by Crippen LogP contribution is -2.15. The molecule has 0 spiro atoms. The van der Waals surface area contributed by atoms with Gasteiger partial charge in [-0.25, -0.2) is 10.1 Å². The maximum atomic E-state index is 13.1. The minimum atomic E-state index is -0.191. The average Bonchev–Trinajstić information content (AvgIpc) is 3.90. The zero-order valence-corrected chi connectivity index (χ0v) is 31.1. The number of hydrogen-bond donors (Lipinski definition) is 0. The van der Waals surface area contributed by atoms with Gasteiger partial charge in [0.05, 0.1) is 18.2 Å². The molecule has 0 fully saturated rings. The number of nitriles is 1. The van der Waals surface area contributed by atoms with E-state index in [1.54, 1.807) is 54.6 Å². The Labute approximate surface area is 327 Å². The number of aryl methyl sites for hydroxylation is 2. The minimum Gasteiger partial charge on any atom is -0.344 e. The van der Waals surface area contributed by atoms with Crippen molar-refractivity contribution in [3.8, 4) is 6.07 Å². The summed E-state index contributed by atoms with van der Waals surface area (Å²) in [5, 5.41) is 18.5. The van der Waals surface area contributed by atoms with Crippen molar-refractivity contribution in [3.63, 3.8) is 0 Å². The van der Waals surface area contributed by atoms with Crippen LogP contribution in [0.3, 0.4) is 0 Å². The lowest BCUT2D eigenvalue weighted by Gasteiger charge is -2.01. The molecule has 2 heterocycles. The number of aromatic nitrogens is 2. The molecule has 8 aromatic rings. The van der Waals surface area contributed by atoms with Crippen molar-refractivity contribution >= 4 is 78.4 Å². The number of allylic oxidation sites excluding steroid dienone is 6. The summed E-state index contributed by atoms with van der Waals surface area (Å²) in [5.41, 5.74) is 5.42. The maximum Gasteiger partial charge on any atom is 0.270 e. The first-order chi connectivity index (χ1) is 27.9. The number of carbonyl (C=O) groups is 3. The molecule has 2 aromatic heterocycles. The molecule has 2 aliphatic rings. The van der Waals surface area contributed by atoms with Crippen LogP contribution in [0.2, 0.25) is 0 Å². The summed E-state index contributed by atoms with van der Waals surface area (Å²) in [6, 6.07) is 41.0. The van der Waals surface area contributed by atoms with Crippen LogP contribution in [0.25, 0.3) is 65.9 Å². The summed E-state index contributed by atoms with van der Waals surface area (Å²) < 4.78 is 4.33. The van der Waals surface area contributed by atoms with Crippen LogP contribution >= 0.6 is 0 Å². The SMILES string of the molecule is CCn1/c(=C/C=C2C(=O)c3ccccc3C2=O)c2cccc3cccc1c32.[C-]#[N+]\C(C#N)=C1/C(=C/C=c2\c3cccc4cccc(c43)n2C)C(=O)c2ccccc21. The summed E-state index contributed by atoms with van der Waals surface area (Å²) in [7, 11) is 2.00. The third kappa shape index (κ3) is 5.37. The third-order valence-electron chi connectivity index (χ3n) is 11.1. The Kier molecular flexibility index (Phi) is 8.42. The lowest BCUT2D eigenvalue weighted by atomic mass is 10.0. The van der Waals surface area contributed by atoms with E-state index in [0.29, 0.717) is 33.4 Å².